The lowest BCUT2D eigenvalue weighted by Crippen LogP contribution is -2.30. The van der Waals surface area contributed by atoms with Crippen LogP contribution < -0.4 is 5.73 Å². The Labute approximate surface area is 81.8 Å². The van der Waals surface area contributed by atoms with Crippen LogP contribution in [-0.2, 0) is 4.74 Å². The Kier molecular flexibility index (Phi) is 4.74. The Morgan fingerprint density at radius 2 is 2.23 bits per heavy atom. The zero-order valence-corrected chi connectivity index (χ0v) is 8.96. The molecule has 2 heteroatoms. The van der Waals surface area contributed by atoms with Crippen molar-refractivity contribution in [2.45, 2.75) is 58.1 Å². The van der Waals surface area contributed by atoms with E-state index < -0.39 is 0 Å². The summed E-state index contributed by atoms with van der Waals surface area (Å²) >= 11 is 0. The third-order valence-electron chi connectivity index (χ3n) is 2.98. The Hall–Kier alpha value is -0.0800. The molecule has 1 heterocycles. The minimum Gasteiger partial charge on any atom is -0.378 e. The summed E-state index contributed by atoms with van der Waals surface area (Å²) in [5, 5.41) is 0. The van der Waals surface area contributed by atoms with E-state index in [1.54, 1.807) is 0 Å². The predicted molar refractivity (Wildman–Crippen MR) is 55.6 cm³/mol. The molecule has 0 aromatic carbocycles. The maximum absolute atomic E-state index is 6.10. The molecule has 1 saturated heterocycles. The van der Waals surface area contributed by atoms with Crippen LogP contribution in [0.4, 0.5) is 0 Å². The summed E-state index contributed by atoms with van der Waals surface area (Å²) in [4.78, 5) is 0. The van der Waals surface area contributed by atoms with Crippen LogP contribution in [0.1, 0.15) is 46.0 Å². The topological polar surface area (TPSA) is 35.2 Å². The number of rotatable bonds is 5. The van der Waals surface area contributed by atoms with Crippen LogP contribution in [0, 0.1) is 5.92 Å². The molecule has 0 saturated carbocycles. The number of hydrogen-bond acceptors (Lipinski definition) is 2. The zero-order valence-electron chi connectivity index (χ0n) is 8.96. The fraction of sp³-hybridized carbons (Fsp3) is 1.00. The lowest BCUT2D eigenvalue weighted by atomic mass is 9.93. The van der Waals surface area contributed by atoms with Gasteiger partial charge in [-0.1, -0.05) is 26.2 Å². The summed E-state index contributed by atoms with van der Waals surface area (Å²) < 4.78 is 5.51. The first kappa shape index (κ1) is 11.0. The minimum atomic E-state index is 0.372. The van der Waals surface area contributed by atoms with Gasteiger partial charge in [-0.25, -0.2) is 0 Å². The third-order valence-corrected chi connectivity index (χ3v) is 2.98. The van der Waals surface area contributed by atoms with Gasteiger partial charge in [-0.3, -0.25) is 0 Å². The molecule has 13 heavy (non-hydrogen) atoms. The highest BCUT2D eigenvalue weighted by molar-refractivity contribution is 4.79. The molecular formula is C11H23NO. The molecule has 3 atom stereocenters. The standard InChI is InChI=1S/C11H23NO/c1-3-4-5-6-11(12)10-7-9(2)13-8-10/h9-11H,3-8,12H2,1-2H3. The van der Waals surface area contributed by atoms with E-state index in [1.807, 2.05) is 0 Å². The van der Waals surface area contributed by atoms with Crippen LogP contribution >= 0.6 is 0 Å². The zero-order chi connectivity index (χ0) is 9.68. The summed E-state index contributed by atoms with van der Waals surface area (Å²) in [6.07, 6.45) is 6.65. The van der Waals surface area contributed by atoms with Crippen molar-refractivity contribution in [2.75, 3.05) is 6.61 Å². The van der Waals surface area contributed by atoms with Crippen LogP contribution in [0.2, 0.25) is 0 Å². The second-order valence-electron chi connectivity index (χ2n) is 4.30. The second-order valence-corrected chi connectivity index (χ2v) is 4.30. The Bertz CT molecular complexity index is 138. The molecule has 78 valence electrons. The van der Waals surface area contributed by atoms with Gasteiger partial charge in [0, 0.05) is 6.04 Å². The van der Waals surface area contributed by atoms with Crippen LogP contribution in [0.25, 0.3) is 0 Å². The molecule has 2 N–H and O–H groups in total. The van der Waals surface area contributed by atoms with Crippen LogP contribution in [0.3, 0.4) is 0 Å². The molecular weight excluding hydrogens is 162 g/mol. The van der Waals surface area contributed by atoms with E-state index in [0.29, 0.717) is 18.1 Å². The van der Waals surface area contributed by atoms with Crippen molar-refractivity contribution < 1.29 is 4.74 Å². The van der Waals surface area contributed by atoms with E-state index in [9.17, 15) is 0 Å². The Balaban J connectivity index is 2.12. The quantitative estimate of drug-likeness (QED) is 0.667. The molecule has 1 rings (SSSR count). The van der Waals surface area contributed by atoms with Crippen molar-refractivity contribution in [1.82, 2.24) is 0 Å². The number of nitrogens with two attached hydrogens (primary N) is 1. The predicted octanol–water partition coefficient (Wildman–Crippen LogP) is 2.32. The van der Waals surface area contributed by atoms with E-state index in [4.69, 9.17) is 10.5 Å². The minimum absolute atomic E-state index is 0.372. The molecule has 3 unspecified atom stereocenters. The molecule has 0 bridgehead atoms. The molecule has 0 radical (unpaired) electrons. The van der Waals surface area contributed by atoms with Gasteiger partial charge in [0.15, 0.2) is 0 Å². The third kappa shape index (κ3) is 3.65. The normalized spacial score (nSPS) is 30.7. The molecule has 0 amide bonds. The van der Waals surface area contributed by atoms with Gasteiger partial charge in [0.1, 0.15) is 0 Å². The van der Waals surface area contributed by atoms with E-state index in [1.165, 1.54) is 25.7 Å². The van der Waals surface area contributed by atoms with Gasteiger partial charge in [-0.15, -0.1) is 0 Å². The maximum Gasteiger partial charge on any atom is 0.0551 e. The first-order chi connectivity index (χ1) is 6.24. The van der Waals surface area contributed by atoms with Crippen LogP contribution in [0.5, 0.6) is 0 Å². The van der Waals surface area contributed by atoms with Crippen molar-refractivity contribution >= 4 is 0 Å². The van der Waals surface area contributed by atoms with Crippen molar-refractivity contribution in [2.24, 2.45) is 11.7 Å². The molecule has 0 aromatic heterocycles. The van der Waals surface area contributed by atoms with E-state index in [-0.39, 0.29) is 0 Å². The van der Waals surface area contributed by atoms with Gasteiger partial charge in [-0.2, -0.15) is 0 Å². The molecule has 2 nitrogen and oxygen atoms in total. The Morgan fingerprint density at radius 1 is 1.46 bits per heavy atom. The smallest absolute Gasteiger partial charge is 0.0551 e. The summed E-state index contributed by atoms with van der Waals surface area (Å²) in [6.45, 7) is 5.25. The molecule has 0 aliphatic carbocycles. The van der Waals surface area contributed by atoms with Crippen LogP contribution in [-0.4, -0.2) is 18.8 Å². The highest BCUT2D eigenvalue weighted by Gasteiger charge is 2.26. The van der Waals surface area contributed by atoms with Gasteiger partial charge in [0.25, 0.3) is 0 Å². The molecule has 1 fully saturated rings. The summed E-state index contributed by atoms with van der Waals surface area (Å²) in [5.74, 6) is 0.617. The molecule has 1 aliphatic heterocycles. The fourth-order valence-electron chi connectivity index (χ4n) is 2.01. The monoisotopic (exact) mass is 185 g/mol. The molecule has 0 spiro atoms. The highest BCUT2D eigenvalue weighted by atomic mass is 16.5. The van der Waals surface area contributed by atoms with Crippen LogP contribution in [0.15, 0.2) is 0 Å². The van der Waals surface area contributed by atoms with Gasteiger partial charge >= 0.3 is 0 Å². The van der Waals surface area contributed by atoms with Crippen molar-refractivity contribution in [1.29, 1.82) is 0 Å². The number of unbranched alkanes of at least 4 members (excludes halogenated alkanes) is 2. The van der Waals surface area contributed by atoms with E-state index >= 15 is 0 Å². The average Bonchev–Trinajstić information content (AvgIpc) is 2.52. The van der Waals surface area contributed by atoms with Crippen molar-refractivity contribution in [3.05, 3.63) is 0 Å². The summed E-state index contributed by atoms with van der Waals surface area (Å²) in [6, 6.07) is 0.372. The van der Waals surface area contributed by atoms with Gasteiger partial charge in [0.05, 0.1) is 12.7 Å². The Morgan fingerprint density at radius 3 is 2.77 bits per heavy atom. The molecule has 1 aliphatic rings. The summed E-state index contributed by atoms with van der Waals surface area (Å²) in [5.41, 5.74) is 6.10. The van der Waals surface area contributed by atoms with Gasteiger partial charge in [-0.05, 0) is 25.7 Å². The van der Waals surface area contributed by atoms with Gasteiger partial charge in [0.2, 0.25) is 0 Å². The van der Waals surface area contributed by atoms with Gasteiger partial charge < -0.3 is 10.5 Å². The van der Waals surface area contributed by atoms with E-state index in [2.05, 4.69) is 13.8 Å². The second kappa shape index (κ2) is 5.61. The number of hydrogen-bond donors (Lipinski definition) is 1. The first-order valence-corrected chi connectivity index (χ1v) is 5.61. The summed E-state index contributed by atoms with van der Waals surface area (Å²) in [7, 11) is 0. The lowest BCUT2D eigenvalue weighted by Gasteiger charge is -2.17. The first-order valence-electron chi connectivity index (χ1n) is 5.61. The van der Waals surface area contributed by atoms with E-state index in [0.717, 1.165) is 13.0 Å². The SMILES string of the molecule is CCCCCC(N)C1COC(C)C1. The largest absolute Gasteiger partial charge is 0.378 e. The lowest BCUT2D eigenvalue weighted by molar-refractivity contribution is 0.118. The maximum atomic E-state index is 6.10. The molecule has 0 aromatic rings. The highest BCUT2D eigenvalue weighted by Crippen LogP contribution is 2.23. The van der Waals surface area contributed by atoms with Crippen molar-refractivity contribution in [3.8, 4) is 0 Å². The average molecular weight is 185 g/mol. The fourth-order valence-corrected chi connectivity index (χ4v) is 2.01. The number of ether oxygens (including phenoxy) is 1. The van der Waals surface area contributed by atoms with Crippen molar-refractivity contribution in [3.63, 3.8) is 0 Å².